The van der Waals surface area contributed by atoms with Crippen molar-refractivity contribution in [3.63, 3.8) is 0 Å². The molecule has 2 heterocycles. The number of carbonyl (C=O) groups is 1. The van der Waals surface area contributed by atoms with Gasteiger partial charge in [-0.25, -0.2) is 4.98 Å². The summed E-state index contributed by atoms with van der Waals surface area (Å²) in [5, 5.41) is 0. The molecule has 0 unspecified atom stereocenters. The summed E-state index contributed by atoms with van der Waals surface area (Å²) in [4.78, 5) is 15.5. The van der Waals surface area contributed by atoms with Gasteiger partial charge in [-0.2, -0.15) is 0 Å². The minimum atomic E-state index is 0.0150. The summed E-state index contributed by atoms with van der Waals surface area (Å²) < 4.78 is 3.07. The van der Waals surface area contributed by atoms with Crippen molar-refractivity contribution in [2.75, 3.05) is 0 Å². The molecule has 0 radical (unpaired) electrons. The maximum Gasteiger partial charge on any atom is 0.179 e. The van der Waals surface area contributed by atoms with Crippen LogP contribution in [0, 0.1) is 10.5 Å². The Labute approximate surface area is 95.3 Å². The molecular weight excluding hydrogens is 291 g/mol. The highest BCUT2D eigenvalue weighted by Gasteiger charge is 2.11. The number of aryl methyl sites for hydroxylation is 1. The lowest BCUT2D eigenvalue weighted by molar-refractivity contribution is 0.101. The maximum absolute atomic E-state index is 11.2. The van der Waals surface area contributed by atoms with Crippen LogP contribution in [0.1, 0.15) is 23.1 Å². The van der Waals surface area contributed by atoms with Gasteiger partial charge < -0.3 is 4.40 Å². The van der Waals surface area contributed by atoms with E-state index in [0.717, 1.165) is 14.9 Å². The van der Waals surface area contributed by atoms with E-state index in [1.807, 2.05) is 29.7 Å². The van der Waals surface area contributed by atoms with Gasteiger partial charge in [-0.15, -0.1) is 0 Å². The molecule has 72 valence electrons. The molecule has 0 aromatic carbocycles. The Morgan fingerprint density at radius 2 is 2.21 bits per heavy atom. The van der Waals surface area contributed by atoms with Crippen LogP contribution in [-0.4, -0.2) is 15.2 Å². The van der Waals surface area contributed by atoms with Crippen LogP contribution >= 0.6 is 22.6 Å². The van der Waals surface area contributed by atoms with Gasteiger partial charge >= 0.3 is 0 Å². The predicted octanol–water partition coefficient (Wildman–Crippen LogP) is 2.45. The van der Waals surface area contributed by atoms with E-state index in [0.29, 0.717) is 5.69 Å². The minimum absolute atomic E-state index is 0.0150. The Balaban J connectivity index is 2.80. The number of fused-ring (bicyclic) bond motifs is 1. The zero-order chi connectivity index (χ0) is 10.3. The Morgan fingerprint density at radius 3 is 2.86 bits per heavy atom. The van der Waals surface area contributed by atoms with Crippen LogP contribution in [0.4, 0.5) is 0 Å². The van der Waals surface area contributed by atoms with E-state index in [-0.39, 0.29) is 5.78 Å². The molecule has 2 rings (SSSR count). The molecule has 0 saturated carbocycles. The molecule has 14 heavy (non-hydrogen) atoms. The highest BCUT2D eigenvalue weighted by atomic mass is 127. The van der Waals surface area contributed by atoms with Gasteiger partial charge in [-0.05, 0) is 41.6 Å². The largest absolute Gasteiger partial charge is 0.303 e. The van der Waals surface area contributed by atoms with Gasteiger partial charge in [0.1, 0.15) is 11.3 Å². The van der Waals surface area contributed by atoms with E-state index in [2.05, 4.69) is 27.6 Å². The van der Waals surface area contributed by atoms with E-state index < -0.39 is 0 Å². The van der Waals surface area contributed by atoms with E-state index in [4.69, 9.17) is 0 Å². The van der Waals surface area contributed by atoms with Gasteiger partial charge in [0.25, 0.3) is 0 Å². The average molecular weight is 300 g/mol. The zero-order valence-corrected chi connectivity index (χ0v) is 10.1. The number of ketones is 1. The van der Waals surface area contributed by atoms with E-state index in [9.17, 15) is 4.79 Å². The third-order valence-electron chi connectivity index (χ3n) is 2.15. The van der Waals surface area contributed by atoms with Gasteiger partial charge in [0, 0.05) is 16.7 Å². The molecular formula is C10H9IN2O. The molecule has 0 aliphatic carbocycles. The molecule has 0 aliphatic rings. The van der Waals surface area contributed by atoms with Crippen LogP contribution in [0.25, 0.3) is 5.65 Å². The van der Waals surface area contributed by atoms with E-state index >= 15 is 0 Å². The Kier molecular flexibility index (Phi) is 2.30. The number of carbonyl (C=O) groups excluding carboxylic acids is 1. The smallest absolute Gasteiger partial charge is 0.179 e. The molecule has 0 spiro atoms. The molecule has 0 fully saturated rings. The number of pyridine rings is 1. The molecule has 0 saturated heterocycles. The van der Waals surface area contributed by atoms with Gasteiger partial charge in [-0.3, -0.25) is 4.79 Å². The number of halogens is 1. The first-order valence-corrected chi connectivity index (χ1v) is 5.32. The number of Topliss-reactive ketones (excluding diaryl/α,β-unsaturated/α-hetero) is 1. The fourth-order valence-electron chi connectivity index (χ4n) is 1.47. The molecule has 3 nitrogen and oxygen atoms in total. The van der Waals surface area contributed by atoms with Gasteiger partial charge in [0.05, 0.1) is 5.69 Å². The van der Waals surface area contributed by atoms with Crippen LogP contribution in [0.3, 0.4) is 0 Å². The number of aromatic nitrogens is 2. The summed E-state index contributed by atoms with van der Waals surface area (Å²) in [7, 11) is 0. The summed E-state index contributed by atoms with van der Waals surface area (Å²) >= 11 is 2.24. The van der Waals surface area contributed by atoms with Crippen molar-refractivity contribution in [3.05, 3.63) is 33.3 Å². The summed E-state index contributed by atoms with van der Waals surface area (Å²) in [6, 6.07) is 3.90. The van der Waals surface area contributed by atoms with Crippen molar-refractivity contribution >= 4 is 34.0 Å². The third-order valence-corrected chi connectivity index (χ3v) is 2.79. The quantitative estimate of drug-likeness (QED) is 0.599. The second kappa shape index (κ2) is 3.34. The minimum Gasteiger partial charge on any atom is -0.303 e. The fourth-order valence-corrected chi connectivity index (χ4v) is 1.93. The third kappa shape index (κ3) is 1.43. The number of rotatable bonds is 1. The molecule has 0 N–H and O–H groups in total. The second-order valence-electron chi connectivity index (χ2n) is 3.18. The van der Waals surface area contributed by atoms with Gasteiger partial charge in [0.2, 0.25) is 0 Å². The Bertz CT molecular complexity index is 516. The number of hydrogen-bond donors (Lipinski definition) is 0. The average Bonchev–Trinajstić information content (AvgIpc) is 2.44. The van der Waals surface area contributed by atoms with Crippen molar-refractivity contribution in [2.45, 2.75) is 13.8 Å². The van der Waals surface area contributed by atoms with Crippen molar-refractivity contribution in [2.24, 2.45) is 0 Å². The topological polar surface area (TPSA) is 34.4 Å². The highest BCUT2D eigenvalue weighted by molar-refractivity contribution is 14.1. The molecule has 2 aromatic heterocycles. The standard InChI is InChI=1S/C10H9IN2O/c1-6-10(7(2)14)12-9-4-3-8(11)5-13(6)9/h3-5H,1-2H3. The van der Waals surface area contributed by atoms with Crippen molar-refractivity contribution in [1.29, 1.82) is 0 Å². The van der Waals surface area contributed by atoms with E-state index in [1.54, 1.807) is 6.92 Å². The summed E-state index contributed by atoms with van der Waals surface area (Å²) in [6.07, 6.45) is 1.98. The van der Waals surface area contributed by atoms with Gasteiger partial charge in [0.15, 0.2) is 5.78 Å². The first-order valence-electron chi connectivity index (χ1n) is 4.25. The first kappa shape index (κ1) is 9.64. The van der Waals surface area contributed by atoms with Crippen molar-refractivity contribution < 1.29 is 4.79 Å². The monoisotopic (exact) mass is 300 g/mol. The lowest BCUT2D eigenvalue weighted by atomic mass is 10.3. The van der Waals surface area contributed by atoms with Gasteiger partial charge in [-0.1, -0.05) is 0 Å². The van der Waals surface area contributed by atoms with Crippen LogP contribution < -0.4 is 0 Å². The molecule has 0 aliphatic heterocycles. The van der Waals surface area contributed by atoms with Crippen molar-refractivity contribution in [3.8, 4) is 0 Å². The summed E-state index contributed by atoms with van der Waals surface area (Å²) in [5.74, 6) is 0.0150. The van der Waals surface area contributed by atoms with Crippen LogP contribution in [0.2, 0.25) is 0 Å². The first-order chi connectivity index (χ1) is 6.59. The SMILES string of the molecule is CC(=O)c1nc2ccc(I)cn2c1C. The summed E-state index contributed by atoms with van der Waals surface area (Å²) in [6.45, 7) is 3.45. The Morgan fingerprint density at radius 1 is 1.50 bits per heavy atom. The van der Waals surface area contributed by atoms with Crippen LogP contribution in [-0.2, 0) is 0 Å². The normalized spacial score (nSPS) is 10.8. The molecule has 4 heteroatoms. The number of hydrogen-bond acceptors (Lipinski definition) is 2. The highest BCUT2D eigenvalue weighted by Crippen LogP contribution is 2.14. The lowest BCUT2D eigenvalue weighted by Crippen LogP contribution is -1.95. The number of nitrogens with zero attached hydrogens (tertiary/aromatic N) is 2. The number of imidazole rings is 1. The van der Waals surface area contributed by atoms with Crippen molar-refractivity contribution in [1.82, 2.24) is 9.38 Å². The second-order valence-corrected chi connectivity index (χ2v) is 4.42. The fraction of sp³-hybridized carbons (Fsp3) is 0.200. The molecule has 0 amide bonds. The predicted molar refractivity (Wildman–Crippen MR) is 62.7 cm³/mol. The molecule has 0 bridgehead atoms. The molecule has 2 aromatic rings. The lowest BCUT2D eigenvalue weighted by Gasteiger charge is -1.96. The maximum atomic E-state index is 11.2. The van der Waals surface area contributed by atoms with Crippen LogP contribution in [0.15, 0.2) is 18.3 Å². The molecule has 0 atom stereocenters. The zero-order valence-electron chi connectivity index (χ0n) is 7.91. The van der Waals surface area contributed by atoms with Crippen LogP contribution in [0.5, 0.6) is 0 Å². The van der Waals surface area contributed by atoms with E-state index in [1.165, 1.54) is 0 Å². The summed E-state index contributed by atoms with van der Waals surface area (Å²) in [5.41, 5.74) is 2.30. The Hall–Kier alpha value is -0.910.